The van der Waals surface area contributed by atoms with Crippen LogP contribution >= 0.6 is 0 Å². The van der Waals surface area contributed by atoms with Gasteiger partial charge in [-0.1, -0.05) is 51.2 Å². The lowest BCUT2D eigenvalue weighted by atomic mass is 9.96. The summed E-state index contributed by atoms with van der Waals surface area (Å²) in [5.41, 5.74) is 0. The van der Waals surface area contributed by atoms with Gasteiger partial charge in [0.1, 0.15) is 0 Å². The van der Waals surface area contributed by atoms with E-state index in [1.54, 1.807) is 0 Å². The molecule has 13 heavy (non-hydrogen) atoms. The maximum absolute atomic E-state index is 2.42. The van der Waals surface area contributed by atoms with Crippen LogP contribution in [0.25, 0.3) is 0 Å². The highest BCUT2D eigenvalue weighted by atomic mass is 14.1. The van der Waals surface area contributed by atoms with E-state index in [-0.39, 0.29) is 0 Å². The van der Waals surface area contributed by atoms with Gasteiger partial charge in [-0.15, -0.1) is 0 Å². The molecule has 0 heterocycles. The van der Waals surface area contributed by atoms with Crippen LogP contribution in [0.3, 0.4) is 0 Å². The summed E-state index contributed by atoms with van der Waals surface area (Å²) in [5, 5.41) is 0. The molecule has 0 aromatic rings. The van der Waals surface area contributed by atoms with Crippen molar-refractivity contribution in [3.8, 4) is 0 Å². The molecule has 0 N–H and O–H groups in total. The summed E-state index contributed by atoms with van der Waals surface area (Å²) in [4.78, 5) is 0. The molecule has 0 heteroatoms. The van der Waals surface area contributed by atoms with E-state index in [1.165, 1.54) is 57.8 Å². The normalized spacial score (nSPS) is 30.1. The van der Waals surface area contributed by atoms with Crippen molar-refractivity contribution < 1.29 is 0 Å². The first kappa shape index (κ1) is 10.8. The second-order valence-corrected chi connectivity index (χ2v) is 4.50. The van der Waals surface area contributed by atoms with E-state index in [9.17, 15) is 0 Å². The molecule has 1 aliphatic rings. The van der Waals surface area contributed by atoms with E-state index in [2.05, 4.69) is 19.1 Å². The van der Waals surface area contributed by atoms with Crippen LogP contribution in [0.1, 0.15) is 64.7 Å². The average Bonchev–Trinajstić information content (AvgIpc) is 2.11. The molecule has 0 aromatic carbocycles. The summed E-state index contributed by atoms with van der Waals surface area (Å²) in [7, 11) is 0. The Kier molecular flexibility index (Phi) is 5.97. The minimum absolute atomic E-state index is 0.975. The first-order valence-corrected chi connectivity index (χ1v) is 6.04. The molecule has 1 atom stereocenters. The molecule has 1 rings (SSSR count). The summed E-state index contributed by atoms with van der Waals surface area (Å²) in [6, 6.07) is 0. The molecule has 1 aliphatic carbocycles. The van der Waals surface area contributed by atoms with Crippen LogP contribution in [-0.2, 0) is 0 Å². The standard InChI is InChI=1S/C13H24/c1-13-11-9-7-5-3-2-4-6-8-10-12-13/h2-3,13H,4-12H2,1H3/b3-2+. The van der Waals surface area contributed by atoms with Crippen LogP contribution in [0.2, 0.25) is 0 Å². The minimum atomic E-state index is 0.975. The second kappa shape index (κ2) is 7.17. The van der Waals surface area contributed by atoms with Gasteiger partial charge in [-0.3, -0.25) is 0 Å². The van der Waals surface area contributed by atoms with Crippen LogP contribution in [0.15, 0.2) is 12.2 Å². The van der Waals surface area contributed by atoms with E-state index in [0.29, 0.717) is 0 Å². The molecule has 0 spiro atoms. The number of hydrogen-bond acceptors (Lipinski definition) is 0. The van der Waals surface area contributed by atoms with Crippen LogP contribution in [-0.4, -0.2) is 0 Å². The topological polar surface area (TPSA) is 0 Å². The molecule has 0 amide bonds. The predicted octanol–water partition coefficient (Wildman–Crippen LogP) is 4.70. The fourth-order valence-electron chi connectivity index (χ4n) is 2.07. The highest BCUT2D eigenvalue weighted by molar-refractivity contribution is 4.81. The predicted molar refractivity (Wildman–Crippen MR) is 59.9 cm³/mol. The highest BCUT2D eigenvalue weighted by Gasteiger charge is 2.01. The van der Waals surface area contributed by atoms with Gasteiger partial charge in [0.05, 0.1) is 0 Å². The SMILES string of the molecule is CC1CCCC/C=C/CCCCC1. The maximum atomic E-state index is 2.42. The molecule has 0 radical (unpaired) electrons. The summed E-state index contributed by atoms with van der Waals surface area (Å²) in [5.74, 6) is 0.975. The third-order valence-electron chi connectivity index (χ3n) is 3.05. The van der Waals surface area contributed by atoms with Gasteiger partial charge in [-0.05, 0) is 31.6 Å². The van der Waals surface area contributed by atoms with Crippen LogP contribution < -0.4 is 0 Å². The lowest BCUT2D eigenvalue weighted by Crippen LogP contribution is -1.95. The molecular formula is C13H24. The van der Waals surface area contributed by atoms with Crippen LogP contribution in [0.5, 0.6) is 0 Å². The van der Waals surface area contributed by atoms with Gasteiger partial charge in [0.25, 0.3) is 0 Å². The summed E-state index contributed by atoms with van der Waals surface area (Å²) in [6.07, 6.45) is 17.4. The van der Waals surface area contributed by atoms with Gasteiger partial charge in [0, 0.05) is 0 Å². The fraction of sp³-hybridized carbons (Fsp3) is 0.846. The molecule has 0 bridgehead atoms. The molecule has 0 aliphatic heterocycles. The zero-order valence-corrected chi connectivity index (χ0v) is 9.10. The van der Waals surface area contributed by atoms with Crippen molar-refractivity contribution >= 4 is 0 Å². The maximum Gasteiger partial charge on any atom is -0.0351 e. The first-order valence-electron chi connectivity index (χ1n) is 6.04. The Labute approximate surface area is 83.4 Å². The Hall–Kier alpha value is -0.260. The molecular weight excluding hydrogens is 156 g/mol. The van der Waals surface area contributed by atoms with Crippen LogP contribution in [0, 0.1) is 5.92 Å². The first-order chi connectivity index (χ1) is 6.39. The summed E-state index contributed by atoms with van der Waals surface area (Å²) >= 11 is 0. The summed E-state index contributed by atoms with van der Waals surface area (Å²) < 4.78 is 0. The molecule has 0 aromatic heterocycles. The van der Waals surface area contributed by atoms with Crippen molar-refractivity contribution in [2.75, 3.05) is 0 Å². The molecule has 0 saturated heterocycles. The largest absolute Gasteiger partial charge is 0.0885 e. The Balaban J connectivity index is 2.20. The van der Waals surface area contributed by atoms with Crippen molar-refractivity contribution in [1.82, 2.24) is 0 Å². The van der Waals surface area contributed by atoms with Gasteiger partial charge in [0.2, 0.25) is 0 Å². The van der Waals surface area contributed by atoms with Gasteiger partial charge >= 0.3 is 0 Å². The number of hydrogen-bond donors (Lipinski definition) is 0. The van der Waals surface area contributed by atoms with Crippen molar-refractivity contribution in [2.24, 2.45) is 5.92 Å². The van der Waals surface area contributed by atoms with Gasteiger partial charge in [-0.2, -0.15) is 0 Å². The highest BCUT2D eigenvalue weighted by Crippen LogP contribution is 2.18. The number of rotatable bonds is 0. The van der Waals surface area contributed by atoms with E-state index >= 15 is 0 Å². The van der Waals surface area contributed by atoms with E-state index < -0.39 is 0 Å². The summed E-state index contributed by atoms with van der Waals surface area (Å²) in [6.45, 7) is 2.42. The Morgan fingerprint density at radius 2 is 1.31 bits per heavy atom. The van der Waals surface area contributed by atoms with Crippen molar-refractivity contribution in [3.63, 3.8) is 0 Å². The zero-order chi connectivity index (χ0) is 9.36. The second-order valence-electron chi connectivity index (χ2n) is 4.50. The Bertz CT molecular complexity index is 135. The van der Waals surface area contributed by atoms with Crippen molar-refractivity contribution in [1.29, 1.82) is 0 Å². The quantitative estimate of drug-likeness (QED) is 0.474. The van der Waals surface area contributed by atoms with E-state index in [0.717, 1.165) is 5.92 Å². The number of allylic oxidation sites excluding steroid dienone is 2. The third kappa shape index (κ3) is 5.90. The molecule has 0 nitrogen and oxygen atoms in total. The van der Waals surface area contributed by atoms with Crippen molar-refractivity contribution in [2.45, 2.75) is 64.7 Å². The van der Waals surface area contributed by atoms with Gasteiger partial charge in [-0.25, -0.2) is 0 Å². The smallest absolute Gasteiger partial charge is 0.0351 e. The minimum Gasteiger partial charge on any atom is -0.0885 e. The van der Waals surface area contributed by atoms with Crippen molar-refractivity contribution in [3.05, 3.63) is 12.2 Å². The van der Waals surface area contributed by atoms with Gasteiger partial charge in [0.15, 0.2) is 0 Å². The zero-order valence-electron chi connectivity index (χ0n) is 9.10. The van der Waals surface area contributed by atoms with E-state index in [1.807, 2.05) is 0 Å². The Morgan fingerprint density at radius 1 is 0.769 bits per heavy atom. The lowest BCUT2D eigenvalue weighted by Gasteiger charge is -2.11. The van der Waals surface area contributed by atoms with Crippen LogP contribution in [0.4, 0.5) is 0 Å². The molecule has 76 valence electrons. The van der Waals surface area contributed by atoms with E-state index in [4.69, 9.17) is 0 Å². The average molecular weight is 180 g/mol. The lowest BCUT2D eigenvalue weighted by molar-refractivity contribution is 0.441. The fourth-order valence-corrected chi connectivity index (χ4v) is 2.07. The molecule has 0 saturated carbocycles. The van der Waals surface area contributed by atoms with Gasteiger partial charge < -0.3 is 0 Å². The molecule has 0 fully saturated rings. The monoisotopic (exact) mass is 180 g/mol. The Morgan fingerprint density at radius 3 is 2.00 bits per heavy atom. The third-order valence-corrected chi connectivity index (χ3v) is 3.05. The molecule has 1 unspecified atom stereocenters.